The lowest BCUT2D eigenvalue weighted by atomic mass is 9.98. The second kappa shape index (κ2) is 8.30. The van der Waals surface area contributed by atoms with E-state index in [0.717, 1.165) is 17.2 Å². The molecule has 0 aliphatic carbocycles. The number of anilines is 1. The Bertz CT molecular complexity index is 1390. The standard InChI is InChI=1S/C26H22FNO4/c1-14-12-18(16(3)28-21-11-7-10-20(27)22(21)26(30)31)25-19(13-14)23(29)15(2)24(32-25)17-8-5-4-6-9-17/h4-13,16,28H,1-3H3,(H,30,31). The Kier molecular flexibility index (Phi) is 5.53. The quantitative estimate of drug-likeness (QED) is 0.400. The van der Waals surface area contributed by atoms with Gasteiger partial charge in [-0.05, 0) is 44.5 Å². The summed E-state index contributed by atoms with van der Waals surface area (Å²) in [6, 6.07) is 16.6. The van der Waals surface area contributed by atoms with Crippen molar-refractivity contribution in [2.75, 3.05) is 5.32 Å². The van der Waals surface area contributed by atoms with Crippen LogP contribution in [-0.4, -0.2) is 11.1 Å². The van der Waals surface area contributed by atoms with E-state index in [2.05, 4.69) is 5.32 Å². The normalized spacial score (nSPS) is 12.0. The van der Waals surface area contributed by atoms with Gasteiger partial charge in [0, 0.05) is 16.7 Å². The van der Waals surface area contributed by atoms with Crippen molar-refractivity contribution < 1.29 is 18.7 Å². The minimum absolute atomic E-state index is 0.126. The fourth-order valence-corrected chi connectivity index (χ4v) is 3.93. The molecule has 0 aliphatic rings. The summed E-state index contributed by atoms with van der Waals surface area (Å²) in [5, 5.41) is 13.0. The van der Waals surface area contributed by atoms with Crippen molar-refractivity contribution in [3.8, 4) is 11.3 Å². The molecular weight excluding hydrogens is 409 g/mol. The summed E-state index contributed by atoms with van der Waals surface area (Å²) in [5.41, 5.74) is 2.84. The topological polar surface area (TPSA) is 79.5 Å². The lowest BCUT2D eigenvalue weighted by molar-refractivity contribution is 0.0693. The van der Waals surface area contributed by atoms with E-state index in [-0.39, 0.29) is 11.1 Å². The van der Waals surface area contributed by atoms with Crippen LogP contribution in [-0.2, 0) is 0 Å². The van der Waals surface area contributed by atoms with E-state index in [4.69, 9.17) is 4.42 Å². The third-order valence-electron chi connectivity index (χ3n) is 5.49. The van der Waals surface area contributed by atoms with Gasteiger partial charge in [0.15, 0.2) is 5.43 Å². The van der Waals surface area contributed by atoms with Gasteiger partial charge in [0.2, 0.25) is 0 Å². The molecule has 0 saturated carbocycles. The SMILES string of the molecule is Cc1cc(C(C)Nc2cccc(F)c2C(=O)O)c2oc(-c3ccccc3)c(C)c(=O)c2c1. The van der Waals surface area contributed by atoms with Gasteiger partial charge >= 0.3 is 5.97 Å². The van der Waals surface area contributed by atoms with E-state index < -0.39 is 23.4 Å². The highest BCUT2D eigenvalue weighted by Crippen LogP contribution is 2.33. The van der Waals surface area contributed by atoms with Crippen LogP contribution in [0.25, 0.3) is 22.3 Å². The van der Waals surface area contributed by atoms with E-state index in [0.29, 0.717) is 27.9 Å². The number of halogens is 1. The first-order chi connectivity index (χ1) is 15.3. The summed E-state index contributed by atoms with van der Waals surface area (Å²) in [6.07, 6.45) is 0. The Labute approximate surface area is 184 Å². The van der Waals surface area contributed by atoms with Crippen LogP contribution >= 0.6 is 0 Å². The molecule has 6 heteroatoms. The molecule has 1 unspecified atom stereocenters. The largest absolute Gasteiger partial charge is 0.478 e. The number of hydrogen-bond acceptors (Lipinski definition) is 4. The summed E-state index contributed by atoms with van der Waals surface area (Å²) in [7, 11) is 0. The molecular formula is C26H22FNO4. The fourth-order valence-electron chi connectivity index (χ4n) is 3.93. The number of aryl methyl sites for hydroxylation is 1. The molecule has 32 heavy (non-hydrogen) atoms. The number of nitrogens with one attached hydrogen (secondary N) is 1. The zero-order valence-electron chi connectivity index (χ0n) is 17.9. The van der Waals surface area contributed by atoms with Crippen molar-refractivity contribution >= 4 is 22.6 Å². The van der Waals surface area contributed by atoms with Crippen LogP contribution < -0.4 is 10.7 Å². The van der Waals surface area contributed by atoms with E-state index in [1.165, 1.54) is 12.1 Å². The molecule has 3 aromatic carbocycles. The van der Waals surface area contributed by atoms with Gasteiger partial charge in [-0.3, -0.25) is 4.79 Å². The van der Waals surface area contributed by atoms with E-state index >= 15 is 0 Å². The molecule has 2 N–H and O–H groups in total. The smallest absolute Gasteiger partial charge is 0.340 e. The summed E-state index contributed by atoms with van der Waals surface area (Å²) in [4.78, 5) is 24.8. The van der Waals surface area contributed by atoms with Crippen LogP contribution in [0.15, 0.2) is 69.9 Å². The molecule has 4 aromatic rings. The Morgan fingerprint density at radius 3 is 2.47 bits per heavy atom. The second-order valence-corrected chi connectivity index (χ2v) is 7.82. The minimum atomic E-state index is -1.36. The molecule has 1 aromatic heterocycles. The van der Waals surface area contributed by atoms with E-state index in [1.54, 1.807) is 13.0 Å². The van der Waals surface area contributed by atoms with Crippen LogP contribution in [0.2, 0.25) is 0 Å². The molecule has 0 radical (unpaired) electrons. The lowest BCUT2D eigenvalue weighted by Crippen LogP contribution is -2.14. The average Bonchev–Trinajstić information content (AvgIpc) is 2.76. The molecule has 5 nitrogen and oxygen atoms in total. The van der Waals surface area contributed by atoms with Crippen molar-refractivity contribution in [3.63, 3.8) is 0 Å². The molecule has 0 amide bonds. The van der Waals surface area contributed by atoms with Gasteiger partial charge in [-0.15, -0.1) is 0 Å². The fraction of sp³-hybridized carbons (Fsp3) is 0.154. The zero-order chi connectivity index (χ0) is 23.0. The molecule has 1 atom stereocenters. The minimum Gasteiger partial charge on any atom is -0.478 e. The number of aromatic carboxylic acids is 1. The molecule has 0 aliphatic heterocycles. The molecule has 0 fully saturated rings. The second-order valence-electron chi connectivity index (χ2n) is 7.82. The van der Waals surface area contributed by atoms with Crippen molar-refractivity contribution in [1.29, 1.82) is 0 Å². The van der Waals surface area contributed by atoms with E-state index in [1.807, 2.05) is 50.2 Å². The number of rotatable bonds is 5. The van der Waals surface area contributed by atoms with Crippen molar-refractivity contribution in [3.05, 3.63) is 99.0 Å². The summed E-state index contributed by atoms with van der Waals surface area (Å²) in [6.45, 7) is 5.43. The maximum Gasteiger partial charge on any atom is 0.340 e. The molecule has 162 valence electrons. The van der Waals surface area contributed by atoms with Crippen molar-refractivity contribution in [1.82, 2.24) is 0 Å². The number of hydrogen-bond donors (Lipinski definition) is 2. The molecule has 1 heterocycles. The summed E-state index contributed by atoms with van der Waals surface area (Å²) >= 11 is 0. The third-order valence-corrected chi connectivity index (χ3v) is 5.49. The number of fused-ring (bicyclic) bond motifs is 1. The maximum atomic E-state index is 14.1. The number of benzene rings is 3. The molecule has 0 bridgehead atoms. The average molecular weight is 431 g/mol. The first-order valence-corrected chi connectivity index (χ1v) is 10.2. The monoisotopic (exact) mass is 431 g/mol. The number of carboxylic acid groups (broad SMARTS) is 1. The Balaban J connectivity index is 1.90. The summed E-state index contributed by atoms with van der Waals surface area (Å²) in [5.74, 6) is -1.70. The van der Waals surface area contributed by atoms with Gasteiger partial charge < -0.3 is 14.8 Å². The van der Waals surface area contributed by atoms with Crippen LogP contribution in [0.3, 0.4) is 0 Å². The highest BCUT2D eigenvalue weighted by molar-refractivity contribution is 5.94. The predicted molar refractivity (Wildman–Crippen MR) is 123 cm³/mol. The maximum absolute atomic E-state index is 14.1. The highest BCUT2D eigenvalue weighted by atomic mass is 19.1. The van der Waals surface area contributed by atoms with Crippen molar-refractivity contribution in [2.24, 2.45) is 0 Å². The first-order valence-electron chi connectivity index (χ1n) is 10.2. The number of carboxylic acids is 1. The van der Waals surface area contributed by atoms with Gasteiger partial charge in [-0.25, -0.2) is 9.18 Å². The highest BCUT2D eigenvalue weighted by Gasteiger charge is 2.21. The van der Waals surface area contributed by atoms with Gasteiger partial charge in [0.05, 0.1) is 17.1 Å². The Hall–Kier alpha value is -3.93. The Morgan fingerprint density at radius 2 is 1.78 bits per heavy atom. The molecule has 0 spiro atoms. The molecule has 4 rings (SSSR count). The lowest BCUT2D eigenvalue weighted by Gasteiger charge is -2.20. The third kappa shape index (κ3) is 3.75. The van der Waals surface area contributed by atoms with Crippen molar-refractivity contribution in [2.45, 2.75) is 26.8 Å². The summed E-state index contributed by atoms with van der Waals surface area (Å²) < 4.78 is 20.4. The van der Waals surface area contributed by atoms with Gasteiger partial charge in [0.1, 0.15) is 22.7 Å². The zero-order valence-corrected chi connectivity index (χ0v) is 17.9. The van der Waals surface area contributed by atoms with Crippen LogP contribution in [0.1, 0.15) is 40.0 Å². The first kappa shape index (κ1) is 21.3. The van der Waals surface area contributed by atoms with Crippen LogP contribution in [0, 0.1) is 19.7 Å². The van der Waals surface area contributed by atoms with E-state index in [9.17, 15) is 19.1 Å². The Morgan fingerprint density at radius 1 is 1.06 bits per heavy atom. The van der Waals surface area contributed by atoms with Crippen LogP contribution in [0.5, 0.6) is 0 Å². The van der Waals surface area contributed by atoms with Gasteiger partial charge in [-0.1, -0.05) is 42.5 Å². The predicted octanol–water partition coefficient (Wildman–Crippen LogP) is 6.09. The van der Waals surface area contributed by atoms with Crippen LogP contribution in [0.4, 0.5) is 10.1 Å². The van der Waals surface area contributed by atoms with Gasteiger partial charge in [0.25, 0.3) is 0 Å². The number of carbonyl (C=O) groups is 1. The molecule has 0 saturated heterocycles. The van der Waals surface area contributed by atoms with Gasteiger partial charge in [-0.2, -0.15) is 0 Å².